The molecule has 0 aromatic carbocycles. The van der Waals surface area contributed by atoms with Crippen LogP contribution in [0.4, 0.5) is 13.2 Å². The zero-order valence-electron chi connectivity index (χ0n) is 13.9. The summed E-state index contributed by atoms with van der Waals surface area (Å²) in [7, 11) is 0. The Hall–Kier alpha value is -2.44. The molecule has 3 heterocycles. The van der Waals surface area contributed by atoms with Crippen LogP contribution in [0.3, 0.4) is 0 Å². The smallest absolute Gasteiger partial charge is 0.412 e. The summed E-state index contributed by atoms with van der Waals surface area (Å²) in [5.41, 5.74) is -1.16. The number of aliphatic hydroxyl groups excluding tert-OH is 1. The summed E-state index contributed by atoms with van der Waals surface area (Å²) >= 11 is 2.14. The summed E-state index contributed by atoms with van der Waals surface area (Å²) in [4.78, 5) is 31.9. The van der Waals surface area contributed by atoms with Crippen LogP contribution in [0.15, 0.2) is 33.9 Å². The minimum absolute atomic E-state index is 0.0259. The normalized spacial score (nSPS) is 11.7. The van der Waals surface area contributed by atoms with E-state index in [0.717, 1.165) is 28.8 Å². The summed E-state index contributed by atoms with van der Waals surface area (Å²) in [6, 6.07) is 5.26. The molecule has 0 aliphatic rings. The van der Waals surface area contributed by atoms with E-state index in [1.165, 1.54) is 11.3 Å². The molecule has 3 aromatic rings. The van der Waals surface area contributed by atoms with Crippen molar-refractivity contribution in [3.8, 4) is 0 Å². The number of aliphatic hydroxyl groups is 1. The third kappa shape index (κ3) is 4.88. The first-order chi connectivity index (χ1) is 13.3. The lowest BCUT2D eigenvalue weighted by Crippen LogP contribution is -2.25. The molecule has 0 aliphatic carbocycles. The molecule has 0 radical (unpaired) electrons. The second-order valence-electron chi connectivity index (χ2n) is 5.41. The van der Waals surface area contributed by atoms with Crippen molar-refractivity contribution in [3.63, 3.8) is 0 Å². The van der Waals surface area contributed by atoms with Crippen molar-refractivity contribution in [1.82, 2.24) is 15.3 Å². The van der Waals surface area contributed by atoms with E-state index in [0.29, 0.717) is 4.88 Å². The van der Waals surface area contributed by atoms with Crippen LogP contribution < -0.4 is 5.32 Å². The number of fused-ring (bicyclic) bond motifs is 1. The molecule has 28 heavy (non-hydrogen) atoms. The van der Waals surface area contributed by atoms with E-state index in [4.69, 9.17) is 9.52 Å². The van der Waals surface area contributed by atoms with Gasteiger partial charge in [-0.05, 0) is 24.3 Å². The maximum absolute atomic E-state index is 12.7. The van der Waals surface area contributed by atoms with Crippen molar-refractivity contribution in [2.24, 2.45) is 0 Å². The molecule has 0 aliphatic heterocycles. The summed E-state index contributed by atoms with van der Waals surface area (Å²) < 4.78 is 43.2. The van der Waals surface area contributed by atoms with Crippen LogP contribution in [0.2, 0.25) is 0 Å². The molecule has 0 saturated carbocycles. The third-order valence-corrected chi connectivity index (χ3v) is 5.35. The maximum atomic E-state index is 12.7. The van der Waals surface area contributed by atoms with Crippen LogP contribution in [-0.4, -0.2) is 39.1 Å². The predicted octanol–water partition coefficient (Wildman–Crippen LogP) is 2.89. The van der Waals surface area contributed by atoms with Crippen LogP contribution in [0.5, 0.6) is 0 Å². The van der Waals surface area contributed by atoms with Gasteiger partial charge in [-0.25, -0.2) is 9.97 Å². The fraction of sp³-hybridized carbons (Fsp3) is 0.250. The number of carbonyl (C=O) groups excluding carboxylic acids is 2. The van der Waals surface area contributed by atoms with E-state index in [2.05, 4.69) is 15.3 Å². The van der Waals surface area contributed by atoms with Gasteiger partial charge in [0.15, 0.2) is 5.78 Å². The molecule has 148 valence electrons. The Morgan fingerprint density at radius 3 is 2.71 bits per heavy atom. The average Bonchev–Trinajstić information content (AvgIpc) is 3.29. The molecular formula is C16H12F3N3O4S2. The number of oxazole rings is 1. The molecule has 0 unspecified atom stereocenters. The number of ketones is 1. The summed E-state index contributed by atoms with van der Waals surface area (Å²) in [6.07, 6.45) is -4.59. The van der Waals surface area contributed by atoms with Crippen molar-refractivity contribution in [2.45, 2.75) is 17.9 Å². The van der Waals surface area contributed by atoms with Crippen molar-refractivity contribution in [3.05, 3.63) is 39.7 Å². The standard InChI is InChI=1S/C16H12F3N3O4S2/c17-16(18,19)12-4-2-9-14(22-12)26-15(21-9)27-7-10(24)11-3-1-8(28-11)5-20-13(25)6-23/h1-4,23H,5-7H2,(H,20,25). The van der Waals surface area contributed by atoms with Gasteiger partial charge in [-0.3, -0.25) is 9.59 Å². The van der Waals surface area contributed by atoms with Gasteiger partial charge in [0.05, 0.1) is 17.2 Å². The van der Waals surface area contributed by atoms with Crippen LogP contribution in [0, 0.1) is 0 Å². The van der Waals surface area contributed by atoms with Crippen LogP contribution >= 0.6 is 23.1 Å². The molecule has 0 atom stereocenters. The Morgan fingerprint density at radius 2 is 2.00 bits per heavy atom. The highest BCUT2D eigenvalue weighted by atomic mass is 32.2. The van der Waals surface area contributed by atoms with E-state index < -0.39 is 24.4 Å². The Labute approximate surface area is 164 Å². The molecular weight excluding hydrogens is 419 g/mol. The lowest BCUT2D eigenvalue weighted by Gasteiger charge is -2.03. The van der Waals surface area contributed by atoms with Crippen molar-refractivity contribution < 1.29 is 32.3 Å². The molecule has 12 heteroatoms. The van der Waals surface area contributed by atoms with E-state index in [9.17, 15) is 22.8 Å². The monoisotopic (exact) mass is 431 g/mol. The van der Waals surface area contributed by atoms with Crippen LogP contribution in [0.1, 0.15) is 20.2 Å². The fourth-order valence-electron chi connectivity index (χ4n) is 2.08. The molecule has 0 saturated heterocycles. The number of thiophene rings is 1. The Bertz CT molecular complexity index is 1020. The summed E-state index contributed by atoms with van der Waals surface area (Å²) in [6.45, 7) is -0.416. The van der Waals surface area contributed by atoms with Gasteiger partial charge in [0, 0.05) is 4.88 Å². The van der Waals surface area contributed by atoms with Crippen molar-refractivity contribution in [1.29, 1.82) is 0 Å². The minimum Gasteiger partial charge on any atom is -0.412 e. The highest BCUT2D eigenvalue weighted by Gasteiger charge is 2.33. The number of hydrogen-bond donors (Lipinski definition) is 2. The second-order valence-corrected chi connectivity index (χ2v) is 7.51. The van der Waals surface area contributed by atoms with Gasteiger partial charge in [0.25, 0.3) is 5.22 Å². The second kappa shape index (κ2) is 8.29. The summed E-state index contributed by atoms with van der Waals surface area (Å²) in [5, 5.41) is 11.2. The van der Waals surface area contributed by atoms with E-state index in [1.807, 2.05) is 0 Å². The van der Waals surface area contributed by atoms with Crippen molar-refractivity contribution in [2.75, 3.05) is 12.4 Å². The molecule has 2 N–H and O–H groups in total. The highest BCUT2D eigenvalue weighted by Crippen LogP contribution is 2.30. The number of thioether (sulfide) groups is 1. The molecule has 7 nitrogen and oxygen atoms in total. The number of carbonyl (C=O) groups is 2. The van der Waals surface area contributed by atoms with Gasteiger partial charge in [-0.2, -0.15) is 13.2 Å². The largest absolute Gasteiger partial charge is 0.433 e. The number of nitrogens with one attached hydrogen (secondary N) is 1. The van der Waals surface area contributed by atoms with Gasteiger partial charge in [0.1, 0.15) is 17.8 Å². The van der Waals surface area contributed by atoms with Gasteiger partial charge < -0.3 is 14.8 Å². The lowest BCUT2D eigenvalue weighted by molar-refractivity contribution is -0.141. The number of aromatic nitrogens is 2. The number of halogens is 3. The zero-order valence-corrected chi connectivity index (χ0v) is 15.6. The number of nitrogens with zero attached hydrogens (tertiary/aromatic N) is 2. The van der Waals surface area contributed by atoms with Crippen LogP contribution in [-0.2, 0) is 17.5 Å². The van der Waals surface area contributed by atoms with Gasteiger partial charge in [0.2, 0.25) is 11.6 Å². The molecule has 1 amide bonds. The first kappa shape index (κ1) is 20.3. The van der Waals surface area contributed by atoms with Crippen LogP contribution in [0.25, 0.3) is 11.2 Å². The number of rotatable bonds is 7. The molecule has 0 spiro atoms. The SMILES string of the molecule is O=C(CO)NCc1ccc(C(=O)CSc2nc3ccc(C(F)(F)F)nc3o2)s1. The summed E-state index contributed by atoms with van der Waals surface area (Å²) in [5.74, 6) is -0.766. The quantitative estimate of drug-likeness (QED) is 0.438. The molecule has 0 fully saturated rings. The first-order valence-electron chi connectivity index (χ1n) is 7.73. The predicted molar refractivity (Wildman–Crippen MR) is 95.1 cm³/mol. The average molecular weight is 431 g/mol. The fourth-order valence-corrected chi connectivity index (χ4v) is 3.77. The van der Waals surface area contributed by atoms with Gasteiger partial charge in [-0.15, -0.1) is 11.3 Å². The highest BCUT2D eigenvalue weighted by molar-refractivity contribution is 7.99. The number of amides is 1. The lowest BCUT2D eigenvalue weighted by atomic mass is 10.3. The van der Waals surface area contributed by atoms with E-state index in [-0.39, 0.29) is 34.5 Å². The van der Waals surface area contributed by atoms with E-state index >= 15 is 0 Å². The topological polar surface area (TPSA) is 105 Å². The number of Topliss-reactive ketones (excluding diaryl/α,β-unsaturated/α-hetero) is 1. The Balaban J connectivity index is 1.61. The first-order valence-corrected chi connectivity index (χ1v) is 9.53. The van der Waals surface area contributed by atoms with Gasteiger partial charge in [-0.1, -0.05) is 11.8 Å². The number of hydrogen-bond acceptors (Lipinski definition) is 8. The minimum atomic E-state index is -4.59. The molecule has 3 rings (SSSR count). The zero-order chi connectivity index (χ0) is 20.3. The molecule has 0 bridgehead atoms. The Kier molecular flexibility index (Phi) is 6.01. The van der Waals surface area contributed by atoms with Gasteiger partial charge >= 0.3 is 6.18 Å². The molecule has 3 aromatic heterocycles. The maximum Gasteiger partial charge on any atom is 0.433 e. The third-order valence-electron chi connectivity index (χ3n) is 3.39. The van der Waals surface area contributed by atoms with E-state index in [1.54, 1.807) is 12.1 Å². The van der Waals surface area contributed by atoms with Crippen molar-refractivity contribution >= 4 is 46.0 Å². The number of pyridine rings is 1. The number of alkyl halides is 3. The Morgan fingerprint density at radius 1 is 1.21 bits per heavy atom.